The van der Waals surface area contributed by atoms with Crippen LogP contribution in [0, 0.1) is 12.8 Å². The Kier molecular flexibility index (Phi) is 6.38. The van der Waals surface area contributed by atoms with Gasteiger partial charge in [-0.2, -0.15) is 0 Å². The van der Waals surface area contributed by atoms with E-state index < -0.39 is 0 Å². The normalized spacial score (nSPS) is 16.3. The number of aromatic nitrogens is 2. The molecule has 1 aliphatic rings. The van der Waals surface area contributed by atoms with Crippen molar-refractivity contribution in [3.63, 3.8) is 0 Å². The highest BCUT2D eigenvalue weighted by Crippen LogP contribution is 2.23. The van der Waals surface area contributed by atoms with E-state index in [-0.39, 0.29) is 11.8 Å². The Hall–Kier alpha value is -3.21. The highest BCUT2D eigenvalue weighted by Gasteiger charge is 2.26. The first-order chi connectivity index (χ1) is 14.7. The first-order valence-electron chi connectivity index (χ1n) is 10.6. The highest BCUT2D eigenvalue weighted by atomic mass is 16.1. The first-order valence-corrected chi connectivity index (χ1v) is 10.6. The number of amides is 1. The molecule has 1 atom stereocenters. The van der Waals surface area contributed by atoms with Crippen molar-refractivity contribution in [3.05, 3.63) is 78.1 Å². The van der Waals surface area contributed by atoms with Crippen LogP contribution >= 0.6 is 0 Å². The Bertz CT molecular complexity index is 955. The molecule has 1 aromatic heterocycles. The summed E-state index contributed by atoms with van der Waals surface area (Å²) in [6, 6.07) is 18.6. The molecule has 0 bridgehead atoms. The van der Waals surface area contributed by atoms with Crippen molar-refractivity contribution in [1.82, 2.24) is 15.3 Å². The molecule has 1 amide bonds. The summed E-state index contributed by atoms with van der Waals surface area (Å²) in [5, 5.41) is 3.10. The molecule has 0 radical (unpaired) electrons. The predicted molar refractivity (Wildman–Crippen MR) is 120 cm³/mol. The van der Waals surface area contributed by atoms with Gasteiger partial charge in [-0.05, 0) is 37.3 Å². The fourth-order valence-electron chi connectivity index (χ4n) is 3.87. The van der Waals surface area contributed by atoms with Gasteiger partial charge in [0.25, 0.3) is 0 Å². The van der Waals surface area contributed by atoms with Crippen LogP contribution in [0.3, 0.4) is 0 Å². The van der Waals surface area contributed by atoms with Gasteiger partial charge in [-0.15, -0.1) is 0 Å². The minimum Gasteiger partial charge on any atom is -0.355 e. The van der Waals surface area contributed by atoms with Gasteiger partial charge in [0.1, 0.15) is 0 Å². The second-order valence-corrected chi connectivity index (χ2v) is 7.95. The van der Waals surface area contributed by atoms with Gasteiger partial charge in [-0.25, -0.2) is 9.97 Å². The van der Waals surface area contributed by atoms with Crippen molar-refractivity contribution >= 4 is 11.9 Å². The van der Waals surface area contributed by atoms with E-state index in [1.165, 1.54) is 11.1 Å². The molecular weight excluding hydrogens is 372 g/mol. The number of carbonyl (C=O) groups excluding carboxylic acids is 1. The minimum atomic E-state index is -0.0186. The Morgan fingerprint density at radius 1 is 1.03 bits per heavy atom. The van der Waals surface area contributed by atoms with Crippen molar-refractivity contribution < 1.29 is 4.79 Å². The lowest BCUT2D eigenvalue weighted by Crippen LogP contribution is -2.44. The van der Waals surface area contributed by atoms with Gasteiger partial charge in [0.05, 0.1) is 5.92 Å². The van der Waals surface area contributed by atoms with Gasteiger partial charge in [0, 0.05) is 37.6 Å². The fraction of sp³-hybridized carbons (Fsp3) is 0.320. The SMILES string of the molecule is Cc1ccc(-c2cnc(N3CCCC(C(=O)NCCc4ccccc4)C3)nc2)cc1. The third-order valence-corrected chi connectivity index (χ3v) is 5.65. The minimum absolute atomic E-state index is 0.0186. The summed E-state index contributed by atoms with van der Waals surface area (Å²) in [5.74, 6) is 0.814. The van der Waals surface area contributed by atoms with Crippen molar-refractivity contribution in [2.24, 2.45) is 5.92 Å². The maximum atomic E-state index is 12.7. The highest BCUT2D eigenvalue weighted by molar-refractivity contribution is 5.79. The van der Waals surface area contributed by atoms with Gasteiger partial charge in [0.2, 0.25) is 11.9 Å². The van der Waals surface area contributed by atoms with E-state index >= 15 is 0 Å². The van der Waals surface area contributed by atoms with Gasteiger partial charge in [-0.1, -0.05) is 60.2 Å². The van der Waals surface area contributed by atoms with E-state index in [9.17, 15) is 4.79 Å². The molecule has 1 unspecified atom stereocenters. The second kappa shape index (κ2) is 9.53. The Morgan fingerprint density at radius 3 is 2.50 bits per heavy atom. The smallest absolute Gasteiger partial charge is 0.225 e. The summed E-state index contributed by atoms with van der Waals surface area (Å²) in [7, 11) is 0. The molecule has 4 rings (SSSR count). The van der Waals surface area contributed by atoms with E-state index in [4.69, 9.17) is 0 Å². The molecule has 2 heterocycles. The van der Waals surface area contributed by atoms with Crippen molar-refractivity contribution in [3.8, 4) is 11.1 Å². The van der Waals surface area contributed by atoms with E-state index in [0.29, 0.717) is 19.0 Å². The van der Waals surface area contributed by atoms with Crippen LogP contribution < -0.4 is 10.2 Å². The number of hydrogen-bond acceptors (Lipinski definition) is 4. The molecular formula is C25H28N4O. The third-order valence-electron chi connectivity index (χ3n) is 5.65. The van der Waals surface area contributed by atoms with Crippen LogP contribution in [0.4, 0.5) is 5.95 Å². The van der Waals surface area contributed by atoms with Gasteiger partial charge >= 0.3 is 0 Å². The number of anilines is 1. The molecule has 0 spiro atoms. The van der Waals surface area contributed by atoms with E-state index in [1.807, 2.05) is 30.6 Å². The number of carbonyl (C=O) groups is 1. The van der Waals surface area contributed by atoms with Crippen LogP contribution in [0.1, 0.15) is 24.0 Å². The maximum Gasteiger partial charge on any atom is 0.225 e. The zero-order valence-corrected chi connectivity index (χ0v) is 17.4. The lowest BCUT2D eigenvalue weighted by Gasteiger charge is -2.32. The summed E-state index contributed by atoms with van der Waals surface area (Å²) in [5.41, 5.74) is 4.59. The van der Waals surface area contributed by atoms with Crippen LogP contribution in [-0.4, -0.2) is 35.5 Å². The van der Waals surface area contributed by atoms with Crippen molar-refractivity contribution in [1.29, 1.82) is 0 Å². The molecule has 0 aliphatic carbocycles. The lowest BCUT2D eigenvalue weighted by atomic mass is 9.97. The molecule has 5 heteroatoms. The average Bonchev–Trinajstić information content (AvgIpc) is 2.80. The van der Waals surface area contributed by atoms with Crippen LogP contribution in [0.25, 0.3) is 11.1 Å². The number of nitrogens with zero attached hydrogens (tertiary/aromatic N) is 3. The van der Waals surface area contributed by atoms with Crippen molar-refractivity contribution in [2.75, 3.05) is 24.5 Å². The second-order valence-electron chi connectivity index (χ2n) is 7.95. The molecule has 1 N–H and O–H groups in total. The van der Waals surface area contributed by atoms with Gasteiger partial charge in [0.15, 0.2) is 0 Å². The number of piperidine rings is 1. The van der Waals surface area contributed by atoms with E-state index in [2.05, 4.69) is 63.5 Å². The summed E-state index contributed by atoms with van der Waals surface area (Å²) in [6.07, 6.45) is 6.48. The molecule has 30 heavy (non-hydrogen) atoms. The average molecular weight is 401 g/mol. The summed E-state index contributed by atoms with van der Waals surface area (Å²) in [6.45, 7) is 4.30. The predicted octanol–water partition coefficient (Wildman–Crippen LogP) is 4.03. The summed E-state index contributed by atoms with van der Waals surface area (Å²) < 4.78 is 0. The van der Waals surface area contributed by atoms with Gasteiger partial charge < -0.3 is 10.2 Å². The molecule has 154 valence electrons. The molecule has 2 aromatic carbocycles. The first kappa shape index (κ1) is 20.1. The Labute approximate surface area is 178 Å². The van der Waals surface area contributed by atoms with Crippen molar-refractivity contribution in [2.45, 2.75) is 26.2 Å². The maximum absolute atomic E-state index is 12.7. The van der Waals surface area contributed by atoms with Crippen LogP contribution in [0.5, 0.6) is 0 Å². The molecule has 3 aromatic rings. The largest absolute Gasteiger partial charge is 0.355 e. The Morgan fingerprint density at radius 2 is 1.77 bits per heavy atom. The standard InChI is InChI=1S/C25H28N4O/c1-19-9-11-21(12-10-19)23-16-27-25(28-17-23)29-15-5-8-22(18-29)24(30)26-14-13-20-6-3-2-4-7-20/h2-4,6-7,9-12,16-17,22H,5,8,13-15,18H2,1H3,(H,26,30). The van der Waals surface area contributed by atoms with E-state index in [1.54, 1.807) is 0 Å². The number of benzene rings is 2. The Balaban J connectivity index is 1.33. The number of nitrogens with one attached hydrogen (secondary N) is 1. The third kappa shape index (κ3) is 5.03. The van der Waals surface area contributed by atoms with Crippen LogP contribution in [0.2, 0.25) is 0 Å². The molecule has 1 saturated heterocycles. The topological polar surface area (TPSA) is 58.1 Å². The number of hydrogen-bond donors (Lipinski definition) is 1. The zero-order chi connectivity index (χ0) is 20.8. The summed E-state index contributed by atoms with van der Waals surface area (Å²) >= 11 is 0. The van der Waals surface area contributed by atoms with Crippen LogP contribution in [0.15, 0.2) is 67.0 Å². The lowest BCUT2D eigenvalue weighted by molar-refractivity contribution is -0.125. The monoisotopic (exact) mass is 400 g/mol. The molecule has 1 fully saturated rings. The van der Waals surface area contributed by atoms with Gasteiger partial charge in [-0.3, -0.25) is 4.79 Å². The fourth-order valence-corrected chi connectivity index (χ4v) is 3.87. The molecule has 0 saturated carbocycles. The number of rotatable bonds is 6. The number of aryl methyl sites for hydroxylation is 1. The van der Waals surface area contributed by atoms with Crippen LogP contribution in [-0.2, 0) is 11.2 Å². The quantitative estimate of drug-likeness (QED) is 0.679. The summed E-state index contributed by atoms with van der Waals surface area (Å²) in [4.78, 5) is 23.9. The van der Waals surface area contributed by atoms with E-state index in [0.717, 1.165) is 36.9 Å². The molecule has 5 nitrogen and oxygen atoms in total. The zero-order valence-electron chi connectivity index (χ0n) is 17.4. The molecule has 1 aliphatic heterocycles.